The van der Waals surface area contributed by atoms with Crippen LogP contribution in [-0.4, -0.2) is 82.5 Å². The maximum atomic E-state index is 13.7. The number of benzene rings is 1. The van der Waals surface area contributed by atoms with Gasteiger partial charge in [0.05, 0.1) is 35.7 Å². The number of pyridine rings is 1. The Morgan fingerprint density at radius 1 is 1.00 bits per heavy atom. The molecule has 2 saturated heterocycles. The Labute approximate surface area is 223 Å². The van der Waals surface area contributed by atoms with Crippen LogP contribution in [0.2, 0.25) is 0 Å². The van der Waals surface area contributed by atoms with Gasteiger partial charge in [0.2, 0.25) is 0 Å². The van der Waals surface area contributed by atoms with E-state index in [1.807, 2.05) is 0 Å². The zero-order chi connectivity index (χ0) is 26.7. The Morgan fingerprint density at radius 2 is 1.74 bits per heavy atom. The van der Waals surface area contributed by atoms with Gasteiger partial charge in [0.25, 0.3) is 0 Å². The number of piperidine rings is 1. The van der Waals surface area contributed by atoms with Crippen LogP contribution in [0.4, 0.5) is 14.5 Å². The smallest absolute Gasteiger partial charge is 0.477 e. The van der Waals surface area contributed by atoms with E-state index >= 15 is 0 Å². The first kappa shape index (κ1) is 24.5. The quantitative estimate of drug-likeness (QED) is 0.513. The van der Waals surface area contributed by atoms with Crippen molar-refractivity contribution in [2.45, 2.75) is 50.4 Å². The van der Waals surface area contributed by atoms with Crippen LogP contribution in [0.15, 0.2) is 24.3 Å². The molecular weight excluding hydrogens is 512 g/mol. The van der Waals surface area contributed by atoms with Gasteiger partial charge in [-0.1, -0.05) is 6.42 Å². The first-order valence-corrected chi connectivity index (χ1v) is 13.5. The zero-order valence-corrected chi connectivity index (χ0v) is 21.3. The van der Waals surface area contributed by atoms with Crippen LogP contribution in [0.3, 0.4) is 0 Å². The molecule has 12 heteroatoms. The lowest BCUT2D eigenvalue weighted by Gasteiger charge is -2.41. The van der Waals surface area contributed by atoms with Crippen molar-refractivity contribution in [3.63, 3.8) is 0 Å². The molecule has 10 nitrogen and oxygen atoms in total. The fourth-order valence-corrected chi connectivity index (χ4v) is 6.11. The van der Waals surface area contributed by atoms with Crippen molar-refractivity contribution in [3.05, 3.63) is 35.7 Å². The molecule has 3 fully saturated rings. The standard InChI is InChI=1S/C27H29F2N5O5/c28-27(29)38-21-5-4-18(14-22(21)39-27)34-25-23(24(31-34)16-2-1-3-16)20(15-19(30-25)26(35)36)33-8-6-17(7-9-33)32-10-12-37-13-11-32/h4-5,14-17H,1-3,6-13H2,(H,35,36). The van der Waals surface area contributed by atoms with Crippen molar-refractivity contribution in [1.29, 1.82) is 0 Å². The number of ether oxygens (including phenoxy) is 3. The summed E-state index contributed by atoms with van der Waals surface area (Å²) < 4.78 is 43.6. The first-order valence-electron chi connectivity index (χ1n) is 13.5. The van der Waals surface area contributed by atoms with Crippen LogP contribution in [-0.2, 0) is 4.74 Å². The summed E-state index contributed by atoms with van der Waals surface area (Å²) in [5.74, 6) is -1.08. The molecular formula is C27H29F2N5O5. The summed E-state index contributed by atoms with van der Waals surface area (Å²) in [6.45, 7) is 4.97. The number of aromatic carboxylic acids is 1. The van der Waals surface area contributed by atoms with E-state index in [4.69, 9.17) is 9.84 Å². The Bertz CT molecular complexity index is 1430. The van der Waals surface area contributed by atoms with E-state index in [-0.39, 0.29) is 23.1 Å². The summed E-state index contributed by atoms with van der Waals surface area (Å²) in [7, 11) is 0. The molecule has 1 aliphatic carbocycles. The maximum Gasteiger partial charge on any atom is 0.586 e. The molecule has 39 heavy (non-hydrogen) atoms. The van der Waals surface area contributed by atoms with Crippen molar-refractivity contribution in [2.75, 3.05) is 44.3 Å². The second kappa shape index (κ2) is 9.30. The maximum absolute atomic E-state index is 13.7. The Balaban J connectivity index is 1.30. The first-order chi connectivity index (χ1) is 18.9. The van der Waals surface area contributed by atoms with Crippen molar-refractivity contribution in [2.24, 2.45) is 0 Å². The number of carboxylic acid groups (broad SMARTS) is 1. The second-order valence-corrected chi connectivity index (χ2v) is 10.6. The van der Waals surface area contributed by atoms with Gasteiger partial charge in [-0.25, -0.2) is 14.5 Å². The molecule has 0 radical (unpaired) electrons. The van der Waals surface area contributed by atoms with Crippen molar-refractivity contribution >= 4 is 22.7 Å². The summed E-state index contributed by atoms with van der Waals surface area (Å²) in [5.41, 5.74) is 2.44. The van der Waals surface area contributed by atoms with Gasteiger partial charge >= 0.3 is 12.3 Å². The molecule has 206 valence electrons. The number of rotatable bonds is 5. The number of carboxylic acids is 1. The number of anilines is 1. The normalized spacial score (nSPS) is 21.8. The highest BCUT2D eigenvalue weighted by Gasteiger charge is 2.43. The largest absolute Gasteiger partial charge is 0.586 e. The molecule has 0 amide bonds. The molecule has 1 N–H and O–H groups in total. The van der Waals surface area contributed by atoms with Crippen LogP contribution < -0.4 is 14.4 Å². The van der Waals surface area contributed by atoms with Gasteiger partial charge in [-0.05, 0) is 43.9 Å². The summed E-state index contributed by atoms with van der Waals surface area (Å²) in [4.78, 5) is 21.4. The van der Waals surface area contributed by atoms with Gasteiger partial charge in [0.1, 0.15) is 0 Å². The summed E-state index contributed by atoms with van der Waals surface area (Å²) >= 11 is 0. The molecule has 0 spiro atoms. The lowest BCUT2D eigenvalue weighted by Crippen LogP contribution is -2.49. The minimum atomic E-state index is -3.74. The number of hydrogen-bond donors (Lipinski definition) is 1. The Morgan fingerprint density at radius 3 is 2.44 bits per heavy atom. The van der Waals surface area contributed by atoms with Gasteiger partial charge in [0, 0.05) is 44.2 Å². The number of fused-ring (bicyclic) bond motifs is 2. The number of aromatic nitrogens is 3. The van der Waals surface area contributed by atoms with Crippen molar-refractivity contribution < 1.29 is 32.9 Å². The number of alkyl halides is 2. The minimum Gasteiger partial charge on any atom is -0.477 e. The van der Waals surface area contributed by atoms with Gasteiger partial charge in [-0.15, -0.1) is 8.78 Å². The molecule has 0 bridgehead atoms. The van der Waals surface area contributed by atoms with Crippen LogP contribution in [0.1, 0.15) is 54.2 Å². The fourth-order valence-electron chi connectivity index (χ4n) is 6.11. The molecule has 7 rings (SSSR count). The van der Waals surface area contributed by atoms with Gasteiger partial charge < -0.3 is 24.2 Å². The molecule has 5 heterocycles. The van der Waals surface area contributed by atoms with Crippen molar-refractivity contribution in [3.8, 4) is 17.2 Å². The van der Waals surface area contributed by atoms with Gasteiger partial charge in [-0.3, -0.25) is 4.90 Å². The van der Waals surface area contributed by atoms with E-state index in [0.717, 1.165) is 88.3 Å². The van der Waals surface area contributed by atoms with E-state index in [0.29, 0.717) is 17.4 Å². The SMILES string of the molecule is O=C(O)c1cc(N2CCC(N3CCOCC3)CC2)c2c(C3CCC3)nn(-c3ccc4c(c3)OC(F)(F)O4)c2n1. The number of hydrogen-bond acceptors (Lipinski definition) is 8. The highest BCUT2D eigenvalue weighted by Crippen LogP contribution is 2.45. The third-order valence-electron chi connectivity index (χ3n) is 8.35. The highest BCUT2D eigenvalue weighted by atomic mass is 19.3. The van der Waals surface area contributed by atoms with Crippen LogP contribution in [0.5, 0.6) is 11.5 Å². The molecule has 3 aromatic rings. The second-order valence-electron chi connectivity index (χ2n) is 10.6. The van der Waals surface area contributed by atoms with Crippen LogP contribution >= 0.6 is 0 Å². The third kappa shape index (κ3) is 4.35. The monoisotopic (exact) mass is 541 g/mol. The highest BCUT2D eigenvalue weighted by molar-refractivity contribution is 5.98. The topological polar surface area (TPSA) is 102 Å². The van der Waals surface area contributed by atoms with Crippen LogP contribution in [0.25, 0.3) is 16.7 Å². The molecule has 4 aliphatic rings. The van der Waals surface area contributed by atoms with E-state index < -0.39 is 12.3 Å². The predicted molar refractivity (Wildman–Crippen MR) is 136 cm³/mol. The average molecular weight is 542 g/mol. The number of nitrogens with zero attached hydrogens (tertiary/aromatic N) is 5. The molecule has 0 unspecified atom stereocenters. The Hall–Kier alpha value is -3.51. The molecule has 1 aromatic carbocycles. The zero-order valence-electron chi connectivity index (χ0n) is 21.3. The summed E-state index contributed by atoms with van der Waals surface area (Å²) in [6, 6.07) is 6.57. The number of morpholine rings is 1. The number of halogens is 2. The molecule has 1 saturated carbocycles. The summed E-state index contributed by atoms with van der Waals surface area (Å²) in [5, 5.41) is 15.7. The fraction of sp³-hybridized carbons (Fsp3) is 0.519. The number of carbonyl (C=O) groups is 1. The van der Waals surface area contributed by atoms with E-state index in [9.17, 15) is 18.7 Å². The average Bonchev–Trinajstić information content (AvgIpc) is 3.43. The Kier molecular flexibility index (Phi) is 5.85. The van der Waals surface area contributed by atoms with Crippen molar-refractivity contribution in [1.82, 2.24) is 19.7 Å². The molecule has 2 aromatic heterocycles. The minimum absolute atomic E-state index is 0.0672. The lowest BCUT2D eigenvalue weighted by molar-refractivity contribution is -0.286. The van der Waals surface area contributed by atoms with Gasteiger partial charge in [-0.2, -0.15) is 5.10 Å². The van der Waals surface area contributed by atoms with E-state index in [2.05, 4.69) is 24.3 Å². The molecule has 0 atom stereocenters. The third-order valence-corrected chi connectivity index (χ3v) is 8.35. The van der Waals surface area contributed by atoms with E-state index in [1.165, 1.54) is 12.1 Å². The molecule has 3 aliphatic heterocycles. The summed E-state index contributed by atoms with van der Waals surface area (Å²) in [6.07, 6.45) is 1.26. The van der Waals surface area contributed by atoms with Crippen LogP contribution in [0, 0.1) is 0 Å². The van der Waals surface area contributed by atoms with E-state index in [1.54, 1.807) is 16.8 Å². The lowest BCUT2D eigenvalue weighted by atomic mass is 9.82. The van der Waals surface area contributed by atoms with Gasteiger partial charge in [0.15, 0.2) is 22.8 Å². The predicted octanol–water partition coefficient (Wildman–Crippen LogP) is 4.01.